The fourth-order valence-electron chi connectivity index (χ4n) is 2.20. The minimum Gasteiger partial charge on any atom is -0.300 e. The highest BCUT2D eigenvalue weighted by Crippen LogP contribution is 2.28. The van der Waals surface area contributed by atoms with Crippen LogP contribution in [0.3, 0.4) is 0 Å². The van der Waals surface area contributed by atoms with Crippen molar-refractivity contribution in [2.24, 2.45) is 0 Å². The third-order valence-corrected chi connectivity index (χ3v) is 4.32. The standard InChI is InChI=1S/C15H15NOS/c17-14-7-9-16(10-8-14)18-15-6-5-12-3-1-2-4-13(12)11-15/h1-6,11H,7-10H2. The fourth-order valence-corrected chi connectivity index (χ4v) is 3.17. The molecule has 0 radical (unpaired) electrons. The third kappa shape index (κ3) is 2.57. The first-order valence-corrected chi connectivity index (χ1v) is 7.02. The van der Waals surface area contributed by atoms with Crippen LogP contribution >= 0.6 is 11.9 Å². The number of hydrogen-bond donors (Lipinski definition) is 0. The van der Waals surface area contributed by atoms with Gasteiger partial charge >= 0.3 is 0 Å². The number of ketones is 1. The van der Waals surface area contributed by atoms with E-state index in [9.17, 15) is 4.79 Å². The van der Waals surface area contributed by atoms with Gasteiger partial charge in [0.1, 0.15) is 5.78 Å². The lowest BCUT2D eigenvalue weighted by Gasteiger charge is -2.24. The molecule has 0 amide bonds. The van der Waals surface area contributed by atoms with E-state index < -0.39 is 0 Å². The highest BCUT2D eigenvalue weighted by atomic mass is 32.2. The molecule has 1 aliphatic rings. The van der Waals surface area contributed by atoms with Gasteiger partial charge in [0.15, 0.2) is 0 Å². The molecule has 0 saturated carbocycles. The first kappa shape index (κ1) is 11.8. The summed E-state index contributed by atoms with van der Waals surface area (Å²) in [5, 5.41) is 2.55. The molecule has 92 valence electrons. The molecule has 0 N–H and O–H groups in total. The van der Waals surface area contributed by atoms with E-state index in [1.54, 1.807) is 11.9 Å². The average Bonchev–Trinajstić information content (AvgIpc) is 2.41. The van der Waals surface area contributed by atoms with E-state index in [-0.39, 0.29) is 0 Å². The van der Waals surface area contributed by atoms with Crippen LogP contribution in [0.1, 0.15) is 12.8 Å². The Labute approximate surface area is 111 Å². The van der Waals surface area contributed by atoms with Crippen molar-refractivity contribution in [3.63, 3.8) is 0 Å². The van der Waals surface area contributed by atoms with Crippen molar-refractivity contribution >= 4 is 28.5 Å². The molecule has 18 heavy (non-hydrogen) atoms. The molecule has 3 heteroatoms. The Kier molecular flexibility index (Phi) is 3.35. The van der Waals surface area contributed by atoms with E-state index in [1.165, 1.54) is 15.7 Å². The van der Waals surface area contributed by atoms with Gasteiger partial charge in [-0.15, -0.1) is 0 Å². The zero-order valence-electron chi connectivity index (χ0n) is 10.1. The summed E-state index contributed by atoms with van der Waals surface area (Å²) in [5.74, 6) is 0.394. The Bertz CT molecular complexity index is 571. The van der Waals surface area contributed by atoms with Crippen molar-refractivity contribution in [3.8, 4) is 0 Å². The van der Waals surface area contributed by atoms with Gasteiger partial charge in [0, 0.05) is 30.8 Å². The Hall–Kier alpha value is -1.32. The molecule has 3 rings (SSSR count). The molecule has 2 nitrogen and oxygen atoms in total. The number of hydrogen-bond acceptors (Lipinski definition) is 3. The Balaban J connectivity index is 1.76. The summed E-state index contributed by atoms with van der Waals surface area (Å²) in [6.45, 7) is 1.74. The predicted molar refractivity (Wildman–Crippen MR) is 75.6 cm³/mol. The van der Waals surface area contributed by atoms with Crippen molar-refractivity contribution < 1.29 is 4.79 Å². The van der Waals surface area contributed by atoms with Crippen LogP contribution in [0, 0.1) is 0 Å². The normalized spacial score (nSPS) is 17.2. The molecule has 0 aromatic heterocycles. The number of nitrogens with zero attached hydrogens (tertiary/aromatic N) is 1. The van der Waals surface area contributed by atoms with Gasteiger partial charge in [-0.05, 0) is 34.9 Å². The highest BCUT2D eigenvalue weighted by Gasteiger charge is 2.16. The smallest absolute Gasteiger partial charge is 0.135 e. The maximum absolute atomic E-state index is 11.2. The minimum absolute atomic E-state index is 0.394. The van der Waals surface area contributed by atoms with Crippen molar-refractivity contribution in [2.45, 2.75) is 17.7 Å². The van der Waals surface area contributed by atoms with Gasteiger partial charge in [0.2, 0.25) is 0 Å². The molecule has 0 spiro atoms. The van der Waals surface area contributed by atoms with Crippen molar-refractivity contribution in [1.29, 1.82) is 0 Å². The molecule has 0 bridgehead atoms. The second-order valence-electron chi connectivity index (χ2n) is 4.57. The molecule has 2 aromatic rings. The van der Waals surface area contributed by atoms with Crippen LogP contribution in [0.5, 0.6) is 0 Å². The number of fused-ring (bicyclic) bond motifs is 1. The van der Waals surface area contributed by atoms with Crippen LogP contribution in [0.25, 0.3) is 10.8 Å². The van der Waals surface area contributed by atoms with Gasteiger partial charge in [-0.2, -0.15) is 0 Å². The van der Waals surface area contributed by atoms with Gasteiger partial charge in [-0.1, -0.05) is 30.3 Å². The van der Waals surface area contributed by atoms with Crippen molar-refractivity contribution in [3.05, 3.63) is 42.5 Å². The second-order valence-corrected chi connectivity index (χ2v) is 5.74. The second kappa shape index (κ2) is 5.12. The predicted octanol–water partition coefficient (Wildman–Crippen LogP) is 3.51. The Morgan fingerprint density at radius 2 is 1.67 bits per heavy atom. The number of Topliss-reactive ketones (excluding diaryl/α,β-unsaturated/α-hetero) is 1. The summed E-state index contributed by atoms with van der Waals surface area (Å²) in [7, 11) is 0. The lowest BCUT2D eigenvalue weighted by molar-refractivity contribution is -0.120. The topological polar surface area (TPSA) is 20.3 Å². The van der Waals surface area contributed by atoms with E-state index in [0.29, 0.717) is 18.6 Å². The zero-order valence-corrected chi connectivity index (χ0v) is 11.0. The number of benzene rings is 2. The summed E-state index contributed by atoms with van der Waals surface area (Å²) >= 11 is 1.76. The number of piperidine rings is 1. The maximum Gasteiger partial charge on any atom is 0.135 e. The Morgan fingerprint density at radius 3 is 2.44 bits per heavy atom. The molecule has 2 aromatic carbocycles. The molecular formula is C15H15NOS. The van der Waals surface area contributed by atoms with Gasteiger partial charge < -0.3 is 0 Å². The number of carbonyl (C=O) groups is 1. The highest BCUT2D eigenvalue weighted by molar-refractivity contribution is 7.97. The van der Waals surface area contributed by atoms with Crippen LogP contribution in [0.4, 0.5) is 0 Å². The summed E-state index contributed by atoms with van der Waals surface area (Å²) in [4.78, 5) is 12.5. The van der Waals surface area contributed by atoms with Crippen LogP contribution < -0.4 is 0 Å². The molecular weight excluding hydrogens is 242 g/mol. The van der Waals surface area contributed by atoms with Crippen LogP contribution in [-0.2, 0) is 4.79 Å². The van der Waals surface area contributed by atoms with Gasteiger partial charge in [0.05, 0.1) is 0 Å². The van der Waals surface area contributed by atoms with Crippen LogP contribution in [0.2, 0.25) is 0 Å². The third-order valence-electron chi connectivity index (χ3n) is 3.24. The summed E-state index contributed by atoms with van der Waals surface area (Å²) in [6.07, 6.45) is 1.39. The van der Waals surface area contributed by atoms with E-state index in [0.717, 1.165) is 13.1 Å². The van der Waals surface area contributed by atoms with E-state index in [4.69, 9.17) is 0 Å². The molecule has 1 aliphatic heterocycles. The molecule has 0 unspecified atom stereocenters. The van der Waals surface area contributed by atoms with Gasteiger partial charge in [0.25, 0.3) is 0 Å². The van der Waals surface area contributed by atoms with Crippen molar-refractivity contribution in [1.82, 2.24) is 4.31 Å². The molecule has 0 atom stereocenters. The largest absolute Gasteiger partial charge is 0.300 e. The Morgan fingerprint density at radius 1 is 0.944 bits per heavy atom. The summed E-state index contributed by atoms with van der Waals surface area (Å²) in [6, 6.07) is 14.9. The van der Waals surface area contributed by atoms with Gasteiger partial charge in [-0.3, -0.25) is 4.79 Å². The first-order valence-electron chi connectivity index (χ1n) is 6.25. The first-order chi connectivity index (χ1) is 8.81. The van der Waals surface area contributed by atoms with Gasteiger partial charge in [-0.25, -0.2) is 4.31 Å². The molecule has 1 fully saturated rings. The van der Waals surface area contributed by atoms with Crippen molar-refractivity contribution in [2.75, 3.05) is 13.1 Å². The molecule has 1 saturated heterocycles. The molecule has 1 heterocycles. The lowest BCUT2D eigenvalue weighted by atomic mass is 10.1. The summed E-state index contributed by atoms with van der Waals surface area (Å²) in [5.41, 5.74) is 0. The van der Waals surface area contributed by atoms with E-state index in [2.05, 4.69) is 46.8 Å². The lowest BCUT2D eigenvalue weighted by Crippen LogP contribution is -2.28. The monoisotopic (exact) mass is 257 g/mol. The summed E-state index contributed by atoms with van der Waals surface area (Å²) < 4.78 is 2.28. The number of rotatable bonds is 2. The SMILES string of the molecule is O=C1CCN(Sc2ccc3ccccc3c2)CC1. The number of carbonyl (C=O) groups excluding carboxylic acids is 1. The van der Waals surface area contributed by atoms with Crippen LogP contribution in [-0.4, -0.2) is 23.2 Å². The quantitative estimate of drug-likeness (QED) is 0.768. The van der Waals surface area contributed by atoms with Crippen LogP contribution in [0.15, 0.2) is 47.4 Å². The minimum atomic E-state index is 0.394. The van der Waals surface area contributed by atoms with E-state index in [1.807, 2.05) is 0 Å². The zero-order chi connectivity index (χ0) is 12.4. The maximum atomic E-state index is 11.2. The fraction of sp³-hybridized carbons (Fsp3) is 0.267. The molecule has 0 aliphatic carbocycles. The van der Waals surface area contributed by atoms with E-state index >= 15 is 0 Å². The average molecular weight is 257 g/mol.